The van der Waals surface area contributed by atoms with Gasteiger partial charge in [0.1, 0.15) is 0 Å². The molecule has 0 saturated heterocycles. The second-order valence-electron chi connectivity index (χ2n) is 3.24. The molecule has 1 aromatic heterocycles. The van der Waals surface area contributed by atoms with Crippen LogP contribution in [0.4, 0.5) is 5.95 Å². The molecule has 0 radical (unpaired) electrons. The van der Waals surface area contributed by atoms with E-state index < -0.39 is 0 Å². The van der Waals surface area contributed by atoms with E-state index in [4.69, 9.17) is 5.73 Å². The van der Waals surface area contributed by atoms with Gasteiger partial charge in [0.2, 0.25) is 5.95 Å². The lowest BCUT2D eigenvalue weighted by Crippen LogP contribution is -2.16. The van der Waals surface area contributed by atoms with E-state index in [1.165, 1.54) is 0 Å². The van der Waals surface area contributed by atoms with Crippen LogP contribution in [-0.2, 0) is 0 Å². The van der Waals surface area contributed by atoms with E-state index in [0.717, 1.165) is 18.5 Å². The molecule has 1 aromatic rings. The van der Waals surface area contributed by atoms with Gasteiger partial charge < -0.3 is 5.73 Å². The Kier molecular flexibility index (Phi) is 1.43. The van der Waals surface area contributed by atoms with Gasteiger partial charge in [0.25, 0.3) is 5.56 Å². The molecule has 2 rings (SSSR count). The third kappa shape index (κ3) is 1.09. The van der Waals surface area contributed by atoms with E-state index in [1.54, 1.807) is 6.92 Å². The Bertz CT molecular complexity index is 365. The normalized spacial score (nSPS) is 16.4. The molecule has 1 fully saturated rings. The van der Waals surface area contributed by atoms with Crippen molar-refractivity contribution in [2.45, 2.75) is 25.7 Å². The smallest absolute Gasteiger partial charge is 0.255 e. The Morgan fingerprint density at radius 3 is 2.83 bits per heavy atom. The SMILES string of the molecule is Cc1c(C2CC2)nc(N)[nH]c1=O. The molecular weight excluding hydrogens is 154 g/mol. The van der Waals surface area contributed by atoms with Crippen LogP contribution in [0.25, 0.3) is 0 Å². The summed E-state index contributed by atoms with van der Waals surface area (Å²) in [5.74, 6) is 0.710. The molecule has 0 atom stereocenters. The summed E-state index contributed by atoms with van der Waals surface area (Å²) in [6.07, 6.45) is 2.27. The number of nitrogens with zero attached hydrogens (tertiary/aromatic N) is 1. The van der Waals surface area contributed by atoms with Crippen LogP contribution in [-0.4, -0.2) is 9.97 Å². The van der Waals surface area contributed by atoms with Crippen LogP contribution >= 0.6 is 0 Å². The van der Waals surface area contributed by atoms with Crippen molar-refractivity contribution in [3.63, 3.8) is 0 Å². The first-order valence-corrected chi connectivity index (χ1v) is 4.05. The van der Waals surface area contributed by atoms with Crippen molar-refractivity contribution in [3.8, 4) is 0 Å². The molecule has 0 aliphatic heterocycles. The van der Waals surface area contributed by atoms with E-state index in [-0.39, 0.29) is 11.5 Å². The fourth-order valence-electron chi connectivity index (χ4n) is 1.32. The molecule has 0 unspecified atom stereocenters. The number of hydrogen-bond acceptors (Lipinski definition) is 3. The summed E-state index contributed by atoms with van der Waals surface area (Å²) in [6, 6.07) is 0. The minimum atomic E-state index is -0.107. The molecule has 64 valence electrons. The van der Waals surface area contributed by atoms with Gasteiger partial charge >= 0.3 is 0 Å². The lowest BCUT2D eigenvalue weighted by molar-refractivity contribution is 0.948. The van der Waals surface area contributed by atoms with Crippen molar-refractivity contribution in [1.29, 1.82) is 0 Å². The molecule has 4 nitrogen and oxygen atoms in total. The third-order valence-corrected chi connectivity index (χ3v) is 2.17. The van der Waals surface area contributed by atoms with Crippen molar-refractivity contribution >= 4 is 5.95 Å². The van der Waals surface area contributed by atoms with Crippen molar-refractivity contribution in [2.24, 2.45) is 0 Å². The fraction of sp³-hybridized carbons (Fsp3) is 0.500. The Labute approximate surface area is 69.8 Å². The number of H-pyrrole nitrogens is 1. The molecule has 0 aromatic carbocycles. The van der Waals surface area contributed by atoms with Gasteiger partial charge in [-0.05, 0) is 19.8 Å². The number of nitrogen functional groups attached to an aromatic ring is 1. The van der Waals surface area contributed by atoms with Gasteiger partial charge in [0, 0.05) is 11.5 Å². The van der Waals surface area contributed by atoms with E-state index in [1.807, 2.05) is 0 Å². The van der Waals surface area contributed by atoms with Gasteiger partial charge in [-0.3, -0.25) is 9.78 Å². The number of aromatic amines is 1. The average Bonchev–Trinajstić information content (AvgIpc) is 2.79. The summed E-state index contributed by atoms with van der Waals surface area (Å²) in [4.78, 5) is 17.8. The minimum absolute atomic E-state index is 0.107. The molecule has 4 heteroatoms. The van der Waals surface area contributed by atoms with E-state index in [9.17, 15) is 4.79 Å². The van der Waals surface area contributed by atoms with Crippen molar-refractivity contribution in [3.05, 3.63) is 21.6 Å². The lowest BCUT2D eigenvalue weighted by Gasteiger charge is -2.01. The number of nitrogens with one attached hydrogen (secondary N) is 1. The number of rotatable bonds is 1. The van der Waals surface area contributed by atoms with Gasteiger partial charge in [0.05, 0.1) is 5.69 Å². The zero-order chi connectivity index (χ0) is 8.72. The second kappa shape index (κ2) is 2.33. The van der Waals surface area contributed by atoms with E-state index in [2.05, 4.69) is 9.97 Å². The predicted octanol–water partition coefficient (Wildman–Crippen LogP) is 0.538. The quantitative estimate of drug-likeness (QED) is 0.637. The molecule has 12 heavy (non-hydrogen) atoms. The fourth-order valence-corrected chi connectivity index (χ4v) is 1.32. The van der Waals surface area contributed by atoms with Crippen LogP contribution in [0.1, 0.15) is 30.0 Å². The molecule has 1 aliphatic rings. The summed E-state index contributed by atoms with van der Waals surface area (Å²) >= 11 is 0. The molecule has 0 bridgehead atoms. The molecule has 0 spiro atoms. The van der Waals surface area contributed by atoms with E-state index in [0.29, 0.717) is 11.5 Å². The van der Waals surface area contributed by atoms with Crippen LogP contribution in [0.5, 0.6) is 0 Å². The molecule has 1 aliphatic carbocycles. The Hall–Kier alpha value is -1.32. The van der Waals surface area contributed by atoms with Crippen molar-refractivity contribution in [2.75, 3.05) is 5.73 Å². The maximum Gasteiger partial charge on any atom is 0.255 e. The van der Waals surface area contributed by atoms with Gasteiger partial charge in [-0.25, -0.2) is 4.98 Å². The number of hydrogen-bond donors (Lipinski definition) is 2. The zero-order valence-corrected chi connectivity index (χ0v) is 6.92. The first kappa shape index (κ1) is 7.34. The van der Waals surface area contributed by atoms with Gasteiger partial charge in [-0.2, -0.15) is 0 Å². The number of anilines is 1. The van der Waals surface area contributed by atoms with Crippen LogP contribution in [0, 0.1) is 6.92 Å². The average molecular weight is 165 g/mol. The highest BCUT2D eigenvalue weighted by molar-refractivity contribution is 5.29. The Balaban J connectivity index is 2.58. The van der Waals surface area contributed by atoms with Gasteiger partial charge in [-0.15, -0.1) is 0 Å². The summed E-state index contributed by atoms with van der Waals surface area (Å²) < 4.78 is 0. The van der Waals surface area contributed by atoms with Gasteiger partial charge in [0.15, 0.2) is 0 Å². The lowest BCUT2D eigenvalue weighted by atomic mass is 10.2. The van der Waals surface area contributed by atoms with Gasteiger partial charge in [-0.1, -0.05) is 0 Å². The van der Waals surface area contributed by atoms with Crippen LogP contribution in [0.3, 0.4) is 0 Å². The van der Waals surface area contributed by atoms with Crippen molar-refractivity contribution < 1.29 is 0 Å². The molecule has 3 N–H and O–H groups in total. The molecule has 0 amide bonds. The Morgan fingerprint density at radius 2 is 2.25 bits per heavy atom. The monoisotopic (exact) mass is 165 g/mol. The highest BCUT2D eigenvalue weighted by Gasteiger charge is 2.27. The maximum absolute atomic E-state index is 11.2. The first-order valence-electron chi connectivity index (χ1n) is 4.05. The summed E-state index contributed by atoms with van der Waals surface area (Å²) in [6.45, 7) is 1.79. The summed E-state index contributed by atoms with van der Waals surface area (Å²) in [5.41, 5.74) is 6.92. The van der Waals surface area contributed by atoms with Crippen molar-refractivity contribution in [1.82, 2.24) is 9.97 Å². The zero-order valence-electron chi connectivity index (χ0n) is 6.92. The third-order valence-electron chi connectivity index (χ3n) is 2.17. The molecular formula is C8H11N3O. The standard InChI is InChI=1S/C8H11N3O/c1-4-6(5-2-3-5)10-8(9)11-7(4)12/h5H,2-3H2,1H3,(H3,9,10,11,12). The topological polar surface area (TPSA) is 71.8 Å². The Morgan fingerprint density at radius 1 is 1.58 bits per heavy atom. The van der Waals surface area contributed by atoms with Crippen LogP contribution < -0.4 is 11.3 Å². The number of aromatic nitrogens is 2. The summed E-state index contributed by atoms with van der Waals surface area (Å²) in [7, 11) is 0. The summed E-state index contributed by atoms with van der Waals surface area (Å²) in [5, 5.41) is 0. The first-order chi connectivity index (χ1) is 5.68. The largest absolute Gasteiger partial charge is 0.369 e. The minimum Gasteiger partial charge on any atom is -0.369 e. The second-order valence-corrected chi connectivity index (χ2v) is 3.24. The highest BCUT2D eigenvalue weighted by atomic mass is 16.1. The van der Waals surface area contributed by atoms with Crippen LogP contribution in [0.2, 0.25) is 0 Å². The van der Waals surface area contributed by atoms with E-state index >= 15 is 0 Å². The highest BCUT2D eigenvalue weighted by Crippen LogP contribution is 2.39. The number of nitrogens with two attached hydrogens (primary N) is 1. The maximum atomic E-state index is 11.2. The molecule has 1 heterocycles. The molecule has 1 saturated carbocycles. The predicted molar refractivity (Wildman–Crippen MR) is 46.0 cm³/mol. The van der Waals surface area contributed by atoms with Crippen LogP contribution in [0.15, 0.2) is 4.79 Å².